The molecule has 0 aromatic rings. The van der Waals surface area contributed by atoms with Crippen LogP contribution in [0.4, 0.5) is 9.59 Å². The second-order valence-corrected chi connectivity index (χ2v) is 16.1. The first-order chi connectivity index (χ1) is 19.9. The predicted molar refractivity (Wildman–Crippen MR) is 177 cm³/mol. The Morgan fingerprint density at radius 3 is 1.31 bits per heavy atom. The molecule has 2 saturated heterocycles. The lowest BCUT2D eigenvalue weighted by molar-refractivity contribution is 0.0513. The summed E-state index contributed by atoms with van der Waals surface area (Å²) in [5.74, 6) is 2.34. The molecule has 0 saturated carbocycles. The third-order valence-electron chi connectivity index (χ3n) is 6.90. The Morgan fingerprint density at radius 2 is 0.952 bits per heavy atom. The Morgan fingerprint density at radius 1 is 0.595 bits per heavy atom. The maximum Gasteiger partial charge on any atom is 0.407 e. The van der Waals surface area contributed by atoms with Crippen molar-refractivity contribution in [3.05, 3.63) is 0 Å². The number of ether oxygens (including phenoxy) is 2. The zero-order valence-corrected chi connectivity index (χ0v) is 29.0. The fourth-order valence-electron chi connectivity index (χ4n) is 5.00. The fraction of sp³-hybridized carbons (Fsp3) is 0.933. The highest BCUT2D eigenvalue weighted by atomic mass is 33.1. The van der Waals surface area contributed by atoms with Crippen molar-refractivity contribution in [1.82, 2.24) is 30.2 Å². The first-order valence-corrected chi connectivity index (χ1v) is 18.5. The van der Waals surface area contributed by atoms with E-state index in [2.05, 4.69) is 30.2 Å². The molecule has 2 aliphatic heterocycles. The van der Waals surface area contributed by atoms with Gasteiger partial charge < -0.3 is 20.1 Å². The molecule has 10 nitrogen and oxygen atoms in total. The van der Waals surface area contributed by atoms with Crippen molar-refractivity contribution >= 4 is 33.8 Å². The van der Waals surface area contributed by atoms with Gasteiger partial charge >= 0.3 is 12.2 Å². The van der Waals surface area contributed by atoms with Crippen LogP contribution in [0, 0.1) is 0 Å². The summed E-state index contributed by atoms with van der Waals surface area (Å²) in [5, 5.41) is 5.72. The molecule has 246 valence electrons. The third-order valence-corrected chi connectivity index (χ3v) is 9.27. The van der Waals surface area contributed by atoms with Crippen molar-refractivity contribution in [3.63, 3.8) is 0 Å². The zero-order chi connectivity index (χ0) is 30.8. The summed E-state index contributed by atoms with van der Waals surface area (Å²) in [7, 11) is 4.03. The van der Waals surface area contributed by atoms with E-state index < -0.39 is 11.2 Å². The van der Waals surface area contributed by atoms with Gasteiger partial charge in [0.05, 0.1) is 13.3 Å². The maximum atomic E-state index is 11.8. The zero-order valence-electron chi connectivity index (χ0n) is 27.4. The number of unbranched alkanes of at least 4 members (excludes halogenated alkanes) is 2. The molecule has 2 aliphatic rings. The number of hydrogen-bond acceptors (Lipinski definition) is 10. The number of amides is 2. The standard InChI is InChI=1S/C30H60N6O4S2/c1-29(2,3)39-27(37)31-13-7-9-15-33-17-11-19-35(25-33)21-23-41-42-24-22-36-20-12-18-34(26-36)16-10-8-14-32-28(38)40-30(4,5)6/h7-26H2,1-6H3,(H,31,37)(H,32,38). The molecule has 0 atom stereocenters. The average molecular weight is 633 g/mol. The van der Waals surface area contributed by atoms with Crippen molar-refractivity contribution in [1.29, 1.82) is 0 Å². The highest BCUT2D eigenvalue weighted by Gasteiger charge is 2.19. The SMILES string of the molecule is CC(C)(C)OC(=O)NCCCCN1CCCN(CCSSCCN2CCCN(CCCCNC(=O)OC(C)(C)C)C2)C1. The predicted octanol–water partition coefficient (Wildman–Crippen LogP) is 4.91. The minimum Gasteiger partial charge on any atom is -0.444 e. The molecule has 12 heteroatoms. The van der Waals surface area contributed by atoms with Gasteiger partial charge in [-0.15, -0.1) is 0 Å². The lowest BCUT2D eigenvalue weighted by Gasteiger charge is -2.36. The van der Waals surface area contributed by atoms with Gasteiger partial charge in [0.1, 0.15) is 11.2 Å². The topological polar surface area (TPSA) is 89.6 Å². The van der Waals surface area contributed by atoms with Gasteiger partial charge in [0, 0.05) is 63.9 Å². The molecule has 2 N–H and O–H groups in total. The average Bonchev–Trinajstić information content (AvgIpc) is 2.89. The monoisotopic (exact) mass is 632 g/mol. The maximum absolute atomic E-state index is 11.8. The molecular formula is C30H60N6O4S2. The molecule has 0 aromatic heterocycles. The van der Waals surface area contributed by atoms with Crippen molar-refractivity contribution < 1.29 is 19.1 Å². The highest BCUT2D eigenvalue weighted by Crippen LogP contribution is 2.22. The number of carbonyl (C=O) groups excluding carboxylic acids is 2. The van der Waals surface area contributed by atoms with E-state index in [1.807, 2.05) is 63.1 Å². The number of nitrogens with one attached hydrogen (secondary N) is 2. The summed E-state index contributed by atoms with van der Waals surface area (Å²) in [5.41, 5.74) is -0.889. The molecule has 2 heterocycles. The molecule has 42 heavy (non-hydrogen) atoms. The van der Waals surface area contributed by atoms with E-state index in [0.29, 0.717) is 13.1 Å². The van der Waals surface area contributed by atoms with Crippen molar-refractivity contribution in [2.75, 3.05) is 90.3 Å². The fourth-order valence-corrected chi connectivity index (χ4v) is 7.05. The molecule has 2 rings (SSSR count). The van der Waals surface area contributed by atoms with Crippen molar-refractivity contribution in [2.45, 2.75) is 91.3 Å². The second kappa shape index (κ2) is 20.2. The van der Waals surface area contributed by atoms with Crippen LogP contribution >= 0.6 is 21.6 Å². The highest BCUT2D eigenvalue weighted by molar-refractivity contribution is 8.76. The molecule has 2 amide bonds. The van der Waals surface area contributed by atoms with E-state index in [1.54, 1.807) is 0 Å². The van der Waals surface area contributed by atoms with E-state index >= 15 is 0 Å². The summed E-state index contributed by atoms with van der Waals surface area (Å²) in [6.07, 6.45) is 5.96. The molecular weight excluding hydrogens is 573 g/mol. The van der Waals surface area contributed by atoms with Crippen LogP contribution < -0.4 is 10.6 Å². The summed E-state index contributed by atoms with van der Waals surface area (Å²) in [6, 6.07) is 0. The quantitative estimate of drug-likeness (QED) is 0.170. The Bertz CT molecular complexity index is 703. The van der Waals surface area contributed by atoms with Crippen molar-refractivity contribution in [2.24, 2.45) is 0 Å². The Balaban J connectivity index is 1.44. The smallest absolute Gasteiger partial charge is 0.407 e. The normalized spacial score (nSPS) is 18.1. The lowest BCUT2D eigenvalue weighted by Crippen LogP contribution is -2.46. The van der Waals surface area contributed by atoms with E-state index in [9.17, 15) is 9.59 Å². The molecule has 0 spiro atoms. The van der Waals surface area contributed by atoms with Crippen molar-refractivity contribution in [3.8, 4) is 0 Å². The van der Waals surface area contributed by atoms with Gasteiger partial charge in [-0.25, -0.2) is 9.59 Å². The van der Waals surface area contributed by atoms with E-state index in [1.165, 1.54) is 50.5 Å². The van der Waals surface area contributed by atoms with Gasteiger partial charge in [0.15, 0.2) is 0 Å². The molecule has 0 aliphatic carbocycles. The van der Waals surface area contributed by atoms with Gasteiger partial charge in [-0.05, 0) is 93.2 Å². The molecule has 0 aromatic carbocycles. The van der Waals surface area contributed by atoms with Crippen LogP contribution in [0.1, 0.15) is 80.1 Å². The van der Waals surface area contributed by atoms with Gasteiger partial charge in [-0.3, -0.25) is 19.6 Å². The summed E-state index contributed by atoms with van der Waals surface area (Å²) >= 11 is 0. The third kappa shape index (κ3) is 19.4. The van der Waals surface area contributed by atoms with Crippen LogP contribution in [0.15, 0.2) is 0 Å². The lowest BCUT2D eigenvalue weighted by atomic mass is 10.2. The minimum atomic E-state index is -0.445. The van der Waals surface area contributed by atoms with Gasteiger partial charge in [-0.2, -0.15) is 0 Å². The Hall–Kier alpha value is -0.920. The molecule has 0 bridgehead atoms. The van der Waals surface area contributed by atoms with Gasteiger partial charge in [-0.1, -0.05) is 21.6 Å². The first-order valence-electron chi connectivity index (χ1n) is 16.0. The number of hydrogen-bond donors (Lipinski definition) is 2. The summed E-state index contributed by atoms with van der Waals surface area (Å²) in [4.78, 5) is 33.8. The van der Waals surface area contributed by atoms with Crippen LogP contribution in [-0.2, 0) is 9.47 Å². The first kappa shape index (κ1) is 37.3. The van der Waals surface area contributed by atoms with Crippen LogP contribution in [-0.4, -0.2) is 133 Å². The second-order valence-electron chi connectivity index (χ2n) is 13.4. The van der Waals surface area contributed by atoms with E-state index in [4.69, 9.17) is 9.47 Å². The van der Waals surface area contributed by atoms with E-state index in [-0.39, 0.29) is 12.2 Å². The molecule has 0 unspecified atom stereocenters. The number of rotatable bonds is 17. The number of alkyl carbamates (subject to hydrolysis) is 2. The summed E-state index contributed by atoms with van der Waals surface area (Å²) in [6.45, 7) is 24.0. The van der Waals surface area contributed by atoms with Crippen LogP contribution in [0.2, 0.25) is 0 Å². The van der Waals surface area contributed by atoms with Crippen LogP contribution in [0.5, 0.6) is 0 Å². The minimum absolute atomic E-state index is 0.321. The van der Waals surface area contributed by atoms with Gasteiger partial charge in [0.25, 0.3) is 0 Å². The Kier molecular flexibility index (Phi) is 17.9. The molecule has 2 fully saturated rings. The Labute approximate surface area is 264 Å². The van der Waals surface area contributed by atoms with Crippen LogP contribution in [0.25, 0.3) is 0 Å². The number of nitrogens with zero attached hydrogens (tertiary/aromatic N) is 4. The largest absolute Gasteiger partial charge is 0.444 e. The van der Waals surface area contributed by atoms with E-state index in [0.717, 1.165) is 65.2 Å². The number of carbonyl (C=O) groups is 2. The van der Waals surface area contributed by atoms with Crippen LogP contribution in [0.3, 0.4) is 0 Å². The molecule has 0 radical (unpaired) electrons. The van der Waals surface area contributed by atoms with Gasteiger partial charge in [0.2, 0.25) is 0 Å². The summed E-state index contributed by atoms with van der Waals surface area (Å²) < 4.78 is 10.6.